The van der Waals surface area contributed by atoms with Crippen LogP contribution in [0.4, 0.5) is 5.69 Å². The van der Waals surface area contributed by atoms with Gasteiger partial charge < -0.3 is 10.4 Å². The molecule has 84 valence electrons. The number of anilines is 1. The number of aryl methyl sites for hydroxylation is 1. The molecule has 1 atom stereocenters. The first-order valence-corrected chi connectivity index (χ1v) is 4.70. The molecule has 1 aliphatic heterocycles. The molecule has 1 amide bonds. The largest absolute Gasteiger partial charge is 0.370 e. The molecule has 0 spiro atoms. The fourth-order valence-corrected chi connectivity index (χ4v) is 1.80. The molecule has 2 N–H and O–H groups in total. The van der Waals surface area contributed by atoms with Crippen LogP contribution in [0, 0.1) is 17.0 Å². The molecule has 0 aromatic heterocycles. The second-order valence-corrected chi connectivity index (χ2v) is 3.85. The lowest BCUT2D eigenvalue weighted by Gasteiger charge is -2.15. The van der Waals surface area contributed by atoms with Crippen molar-refractivity contribution in [2.24, 2.45) is 0 Å². The number of nitrogens with one attached hydrogen (secondary N) is 1. The maximum absolute atomic E-state index is 11.5. The van der Waals surface area contributed by atoms with Crippen molar-refractivity contribution in [3.05, 3.63) is 39.4 Å². The van der Waals surface area contributed by atoms with E-state index in [0.29, 0.717) is 5.69 Å². The third-order valence-electron chi connectivity index (χ3n) is 2.60. The van der Waals surface area contributed by atoms with Gasteiger partial charge >= 0.3 is 0 Å². The van der Waals surface area contributed by atoms with E-state index in [4.69, 9.17) is 0 Å². The smallest absolute Gasteiger partial charge is 0.268 e. The molecule has 2 rings (SSSR count). The third-order valence-corrected chi connectivity index (χ3v) is 2.60. The summed E-state index contributed by atoms with van der Waals surface area (Å²) < 4.78 is 0. The van der Waals surface area contributed by atoms with Gasteiger partial charge in [-0.05, 0) is 13.0 Å². The maximum Gasteiger partial charge on any atom is 0.268 e. The van der Waals surface area contributed by atoms with Crippen molar-refractivity contribution >= 4 is 11.6 Å². The molecule has 0 saturated carbocycles. The number of nitro groups is 1. The highest BCUT2D eigenvalue weighted by Gasteiger charge is 2.49. The SMILES string of the molecule is Cc1ccc2c(c1)[C@](O)(C[N+](=O)[O-])C(=O)N2. The van der Waals surface area contributed by atoms with Crippen molar-refractivity contribution in [1.82, 2.24) is 0 Å². The average Bonchev–Trinajstić information content (AvgIpc) is 2.40. The van der Waals surface area contributed by atoms with Gasteiger partial charge in [-0.25, -0.2) is 0 Å². The van der Waals surface area contributed by atoms with Gasteiger partial charge in [-0.2, -0.15) is 0 Å². The van der Waals surface area contributed by atoms with Gasteiger partial charge in [-0.3, -0.25) is 14.9 Å². The van der Waals surface area contributed by atoms with E-state index in [-0.39, 0.29) is 5.56 Å². The highest BCUT2D eigenvalue weighted by molar-refractivity contribution is 6.05. The van der Waals surface area contributed by atoms with Crippen molar-refractivity contribution in [1.29, 1.82) is 0 Å². The van der Waals surface area contributed by atoms with Gasteiger partial charge in [0.15, 0.2) is 0 Å². The average molecular weight is 222 g/mol. The van der Waals surface area contributed by atoms with Crippen LogP contribution in [0.15, 0.2) is 18.2 Å². The van der Waals surface area contributed by atoms with Crippen LogP contribution >= 0.6 is 0 Å². The lowest BCUT2D eigenvalue weighted by Crippen LogP contribution is -2.40. The first-order chi connectivity index (χ1) is 7.43. The lowest BCUT2D eigenvalue weighted by molar-refractivity contribution is -0.498. The van der Waals surface area contributed by atoms with Crippen molar-refractivity contribution in [2.45, 2.75) is 12.5 Å². The van der Waals surface area contributed by atoms with E-state index in [1.54, 1.807) is 25.1 Å². The summed E-state index contributed by atoms with van der Waals surface area (Å²) in [5.74, 6) is -0.746. The number of amides is 1. The first kappa shape index (κ1) is 10.6. The maximum atomic E-state index is 11.5. The van der Waals surface area contributed by atoms with Crippen LogP contribution in [-0.4, -0.2) is 22.5 Å². The van der Waals surface area contributed by atoms with Gasteiger partial charge in [0.25, 0.3) is 5.91 Å². The number of hydrogen-bond acceptors (Lipinski definition) is 4. The van der Waals surface area contributed by atoms with E-state index in [0.717, 1.165) is 5.56 Å². The Morgan fingerprint density at radius 1 is 1.56 bits per heavy atom. The van der Waals surface area contributed by atoms with Crippen LogP contribution in [0.25, 0.3) is 0 Å². The number of hydrogen-bond donors (Lipinski definition) is 2. The van der Waals surface area contributed by atoms with Crippen LogP contribution in [0.1, 0.15) is 11.1 Å². The second-order valence-electron chi connectivity index (χ2n) is 3.85. The first-order valence-electron chi connectivity index (χ1n) is 4.70. The summed E-state index contributed by atoms with van der Waals surface area (Å²) in [5, 5.41) is 22.9. The lowest BCUT2D eigenvalue weighted by atomic mass is 9.94. The molecule has 0 unspecified atom stereocenters. The minimum Gasteiger partial charge on any atom is -0.370 e. The van der Waals surface area contributed by atoms with E-state index in [2.05, 4.69) is 5.32 Å². The standard InChI is InChI=1S/C10H10N2O4/c1-6-2-3-8-7(4-6)10(14,5-12(15)16)9(13)11-8/h2-4,14H,5H2,1H3,(H,11,13)/t10-/m1/s1. The number of carbonyl (C=O) groups is 1. The Kier molecular flexibility index (Phi) is 2.16. The van der Waals surface area contributed by atoms with E-state index in [9.17, 15) is 20.0 Å². The summed E-state index contributed by atoms with van der Waals surface area (Å²) in [5.41, 5.74) is -0.517. The van der Waals surface area contributed by atoms with Crippen molar-refractivity contribution in [3.63, 3.8) is 0 Å². The second kappa shape index (κ2) is 3.28. The van der Waals surface area contributed by atoms with Crippen molar-refractivity contribution < 1.29 is 14.8 Å². The molecule has 1 aliphatic rings. The van der Waals surface area contributed by atoms with Gasteiger partial charge in [0, 0.05) is 16.2 Å². The highest BCUT2D eigenvalue weighted by atomic mass is 16.6. The number of rotatable bonds is 2. The topological polar surface area (TPSA) is 92.5 Å². The molecular weight excluding hydrogens is 212 g/mol. The van der Waals surface area contributed by atoms with Crippen molar-refractivity contribution in [3.8, 4) is 0 Å². The molecule has 1 aromatic rings. The number of fused-ring (bicyclic) bond motifs is 1. The Labute approximate surface area is 91.0 Å². The number of benzene rings is 1. The van der Waals surface area contributed by atoms with E-state index in [1.807, 2.05) is 0 Å². The van der Waals surface area contributed by atoms with Crippen LogP contribution in [0.5, 0.6) is 0 Å². The molecule has 0 bridgehead atoms. The Hall–Kier alpha value is -1.95. The van der Waals surface area contributed by atoms with Crippen LogP contribution < -0.4 is 5.32 Å². The number of aliphatic hydroxyl groups is 1. The fourth-order valence-electron chi connectivity index (χ4n) is 1.80. The summed E-state index contributed by atoms with van der Waals surface area (Å²) >= 11 is 0. The monoisotopic (exact) mass is 222 g/mol. The van der Waals surface area contributed by atoms with Crippen molar-refractivity contribution in [2.75, 3.05) is 11.9 Å². The summed E-state index contributed by atoms with van der Waals surface area (Å²) in [7, 11) is 0. The molecule has 1 aromatic carbocycles. The van der Waals surface area contributed by atoms with Gasteiger partial charge in [-0.15, -0.1) is 0 Å². The normalized spacial score (nSPS) is 22.8. The van der Waals surface area contributed by atoms with Gasteiger partial charge in [0.2, 0.25) is 12.1 Å². The predicted molar refractivity (Wildman–Crippen MR) is 55.6 cm³/mol. The molecule has 0 aliphatic carbocycles. The van der Waals surface area contributed by atoms with Crippen LogP contribution in [-0.2, 0) is 10.4 Å². The zero-order valence-electron chi connectivity index (χ0n) is 8.56. The molecule has 0 fully saturated rings. The Bertz CT molecular complexity index is 486. The summed E-state index contributed by atoms with van der Waals surface area (Å²) in [4.78, 5) is 21.3. The van der Waals surface area contributed by atoms with Gasteiger partial charge in [0.1, 0.15) is 0 Å². The summed E-state index contributed by atoms with van der Waals surface area (Å²) in [6.07, 6.45) is 0. The van der Waals surface area contributed by atoms with E-state index >= 15 is 0 Å². The van der Waals surface area contributed by atoms with E-state index < -0.39 is 23.0 Å². The number of nitrogens with zero attached hydrogens (tertiary/aromatic N) is 1. The predicted octanol–water partition coefficient (Wildman–Crippen LogP) is 0.411. The molecule has 16 heavy (non-hydrogen) atoms. The summed E-state index contributed by atoms with van der Waals surface area (Å²) in [6.45, 7) is 0.963. The molecule has 6 heteroatoms. The highest BCUT2D eigenvalue weighted by Crippen LogP contribution is 2.36. The third kappa shape index (κ3) is 1.43. The zero-order valence-corrected chi connectivity index (χ0v) is 8.56. The molecule has 0 radical (unpaired) electrons. The van der Waals surface area contributed by atoms with Gasteiger partial charge in [0.05, 0.1) is 0 Å². The zero-order chi connectivity index (χ0) is 11.9. The Balaban J connectivity index is 2.53. The van der Waals surface area contributed by atoms with Crippen LogP contribution in [0.2, 0.25) is 0 Å². The molecule has 6 nitrogen and oxygen atoms in total. The van der Waals surface area contributed by atoms with Gasteiger partial charge in [-0.1, -0.05) is 17.7 Å². The van der Waals surface area contributed by atoms with E-state index in [1.165, 1.54) is 0 Å². The molecular formula is C10H10N2O4. The minimum atomic E-state index is -2.05. The fraction of sp³-hybridized carbons (Fsp3) is 0.300. The molecule has 1 heterocycles. The molecule has 0 saturated heterocycles. The quantitative estimate of drug-likeness (QED) is 0.560. The Morgan fingerprint density at radius 3 is 2.88 bits per heavy atom. The summed E-state index contributed by atoms with van der Waals surface area (Å²) in [6, 6.07) is 4.97. The number of carbonyl (C=O) groups excluding carboxylic acids is 1. The minimum absolute atomic E-state index is 0.272. The Morgan fingerprint density at radius 2 is 2.25 bits per heavy atom. The van der Waals surface area contributed by atoms with Crippen LogP contribution in [0.3, 0.4) is 0 Å².